The number of aromatic nitrogens is 4. The van der Waals surface area contributed by atoms with Crippen molar-refractivity contribution < 1.29 is 4.79 Å². The molecule has 156 valence electrons. The van der Waals surface area contributed by atoms with E-state index in [1.165, 1.54) is 43.4 Å². The van der Waals surface area contributed by atoms with Gasteiger partial charge in [0.05, 0.1) is 18.2 Å². The van der Waals surface area contributed by atoms with Crippen molar-refractivity contribution in [2.75, 3.05) is 18.4 Å². The van der Waals surface area contributed by atoms with Gasteiger partial charge in [0.1, 0.15) is 0 Å². The molecule has 2 aromatic rings. The molecule has 5 heterocycles. The normalized spacial score (nSPS) is 29.8. The van der Waals surface area contributed by atoms with E-state index in [1.807, 2.05) is 10.1 Å². The molecule has 4 atom stereocenters. The second-order valence-electron chi connectivity index (χ2n) is 9.01. The number of nitrogens with zero attached hydrogens (tertiary/aromatic N) is 5. The van der Waals surface area contributed by atoms with Crippen LogP contribution in [0.15, 0.2) is 17.8 Å². The molecule has 1 amide bonds. The van der Waals surface area contributed by atoms with Crippen LogP contribution < -0.4 is 5.32 Å². The SMILES string of the molecule is O=C(Nc1nccs1)[C@H]1CN2CCC1C[C@@H]2Cn1cc(CC2CCCCC2)nn1. The standard InChI is InChI=1S/C21H30N6OS/c28-20(23-21-22-7-9-29-21)19-14-26-8-6-16(19)11-18(26)13-27-12-17(24-25-27)10-15-4-2-1-3-5-15/h7,9,12,15-16,18-19H,1-6,8,10-11,13-14H2,(H,22,23,28)/t16?,18-,19+/m1/s1. The zero-order chi connectivity index (χ0) is 19.6. The lowest BCUT2D eigenvalue weighted by molar-refractivity contribution is -0.127. The van der Waals surface area contributed by atoms with Crippen molar-refractivity contribution in [3.05, 3.63) is 23.5 Å². The van der Waals surface area contributed by atoms with Crippen LogP contribution in [0.5, 0.6) is 0 Å². The van der Waals surface area contributed by atoms with Gasteiger partial charge in [0.25, 0.3) is 0 Å². The summed E-state index contributed by atoms with van der Waals surface area (Å²) in [7, 11) is 0. The third-order valence-corrected chi connectivity index (χ3v) is 7.77. The summed E-state index contributed by atoms with van der Waals surface area (Å²) in [6.45, 7) is 2.81. The van der Waals surface area contributed by atoms with Crippen LogP contribution in [-0.2, 0) is 17.8 Å². The summed E-state index contributed by atoms with van der Waals surface area (Å²) in [5.41, 5.74) is 1.15. The highest BCUT2D eigenvalue weighted by Gasteiger charge is 2.43. The van der Waals surface area contributed by atoms with Crippen molar-refractivity contribution >= 4 is 22.4 Å². The Balaban J connectivity index is 1.16. The number of fused-ring (bicyclic) bond motifs is 3. The average Bonchev–Trinajstić information content (AvgIpc) is 3.41. The largest absolute Gasteiger partial charge is 0.302 e. The summed E-state index contributed by atoms with van der Waals surface area (Å²) in [4.78, 5) is 19.4. The summed E-state index contributed by atoms with van der Waals surface area (Å²) in [6, 6.07) is 0.460. The van der Waals surface area contributed by atoms with Crippen molar-refractivity contribution in [1.82, 2.24) is 24.9 Å². The molecule has 2 unspecified atom stereocenters. The Morgan fingerprint density at radius 1 is 1.24 bits per heavy atom. The first kappa shape index (κ1) is 19.2. The molecule has 4 fully saturated rings. The Hall–Kier alpha value is -1.80. The highest BCUT2D eigenvalue weighted by molar-refractivity contribution is 7.13. The molecule has 2 aromatic heterocycles. The number of rotatable bonds is 6. The lowest BCUT2D eigenvalue weighted by Crippen LogP contribution is -2.57. The number of piperidine rings is 3. The molecule has 29 heavy (non-hydrogen) atoms. The van der Waals surface area contributed by atoms with Crippen molar-refractivity contribution in [1.29, 1.82) is 0 Å². The van der Waals surface area contributed by atoms with Gasteiger partial charge in [-0.2, -0.15) is 0 Å². The van der Waals surface area contributed by atoms with Gasteiger partial charge in [-0.25, -0.2) is 4.98 Å². The predicted molar refractivity (Wildman–Crippen MR) is 113 cm³/mol. The molecule has 3 aliphatic heterocycles. The van der Waals surface area contributed by atoms with Gasteiger partial charge in [0.2, 0.25) is 5.91 Å². The maximum absolute atomic E-state index is 12.7. The maximum atomic E-state index is 12.7. The second kappa shape index (κ2) is 8.52. The third-order valence-electron chi connectivity index (χ3n) is 7.08. The summed E-state index contributed by atoms with van der Waals surface area (Å²) < 4.78 is 2.04. The number of carbonyl (C=O) groups excluding carboxylic acids is 1. The zero-order valence-corrected chi connectivity index (χ0v) is 17.7. The van der Waals surface area contributed by atoms with E-state index in [2.05, 4.69) is 31.7 Å². The molecule has 8 heteroatoms. The fraction of sp³-hybridized carbons (Fsp3) is 0.714. The summed E-state index contributed by atoms with van der Waals surface area (Å²) >= 11 is 1.48. The van der Waals surface area contributed by atoms with E-state index in [-0.39, 0.29) is 11.8 Å². The fourth-order valence-electron chi connectivity index (χ4n) is 5.53. The first-order valence-electron chi connectivity index (χ1n) is 11.1. The molecule has 1 aliphatic carbocycles. The van der Waals surface area contributed by atoms with Crippen molar-refractivity contribution in [3.63, 3.8) is 0 Å². The van der Waals surface area contributed by atoms with Crippen molar-refractivity contribution in [2.45, 2.75) is 64.0 Å². The molecule has 7 nitrogen and oxygen atoms in total. The first-order chi connectivity index (χ1) is 14.2. The Labute approximate surface area is 175 Å². The molecule has 0 radical (unpaired) electrons. The van der Waals surface area contributed by atoms with E-state index < -0.39 is 0 Å². The smallest absolute Gasteiger partial charge is 0.230 e. The van der Waals surface area contributed by atoms with Crippen LogP contribution in [0, 0.1) is 17.8 Å². The minimum absolute atomic E-state index is 0.0708. The van der Waals surface area contributed by atoms with Crippen LogP contribution in [0.25, 0.3) is 0 Å². The van der Waals surface area contributed by atoms with Gasteiger partial charge in [-0.15, -0.1) is 16.4 Å². The lowest BCUT2D eigenvalue weighted by atomic mass is 9.75. The topological polar surface area (TPSA) is 75.9 Å². The van der Waals surface area contributed by atoms with E-state index >= 15 is 0 Å². The third kappa shape index (κ3) is 4.38. The molecule has 4 aliphatic rings. The van der Waals surface area contributed by atoms with Gasteiger partial charge >= 0.3 is 0 Å². The van der Waals surface area contributed by atoms with E-state index in [9.17, 15) is 4.79 Å². The number of hydrogen-bond donors (Lipinski definition) is 1. The molecule has 3 saturated heterocycles. The number of amides is 1. The van der Waals surface area contributed by atoms with Gasteiger partial charge in [-0.1, -0.05) is 37.3 Å². The van der Waals surface area contributed by atoms with E-state index in [1.54, 1.807) is 6.20 Å². The number of hydrogen-bond acceptors (Lipinski definition) is 6. The Morgan fingerprint density at radius 2 is 2.14 bits per heavy atom. The van der Waals surface area contributed by atoms with Crippen molar-refractivity contribution in [2.24, 2.45) is 17.8 Å². The predicted octanol–water partition coefficient (Wildman–Crippen LogP) is 3.21. The molecule has 0 aromatic carbocycles. The molecular weight excluding hydrogens is 384 g/mol. The van der Waals surface area contributed by atoms with Gasteiger partial charge in [0.15, 0.2) is 5.13 Å². The van der Waals surface area contributed by atoms with Gasteiger partial charge in [0, 0.05) is 30.4 Å². The quantitative estimate of drug-likeness (QED) is 0.786. The van der Waals surface area contributed by atoms with Crippen LogP contribution >= 0.6 is 11.3 Å². The maximum Gasteiger partial charge on any atom is 0.230 e. The van der Waals surface area contributed by atoms with Gasteiger partial charge in [-0.05, 0) is 37.6 Å². The number of carbonyl (C=O) groups is 1. The lowest BCUT2D eigenvalue weighted by Gasteiger charge is -2.49. The highest BCUT2D eigenvalue weighted by atomic mass is 32.1. The molecule has 0 spiro atoms. The highest BCUT2D eigenvalue weighted by Crippen LogP contribution is 2.37. The van der Waals surface area contributed by atoms with E-state index in [4.69, 9.17) is 0 Å². The first-order valence-corrected chi connectivity index (χ1v) is 12.0. The average molecular weight is 415 g/mol. The van der Waals surface area contributed by atoms with Crippen LogP contribution in [0.3, 0.4) is 0 Å². The fourth-order valence-corrected chi connectivity index (χ4v) is 6.06. The zero-order valence-electron chi connectivity index (χ0n) is 16.9. The Bertz CT molecular complexity index is 815. The van der Waals surface area contributed by atoms with Crippen LogP contribution in [0.1, 0.15) is 50.6 Å². The van der Waals surface area contributed by atoms with Crippen LogP contribution in [0.2, 0.25) is 0 Å². The molecule has 2 bridgehead atoms. The number of anilines is 1. The van der Waals surface area contributed by atoms with Gasteiger partial charge < -0.3 is 5.32 Å². The van der Waals surface area contributed by atoms with E-state index in [0.29, 0.717) is 17.1 Å². The Kier molecular flexibility index (Phi) is 5.63. The summed E-state index contributed by atoms with van der Waals surface area (Å²) in [5.74, 6) is 1.45. The molecule has 1 saturated carbocycles. The minimum Gasteiger partial charge on any atom is -0.302 e. The summed E-state index contributed by atoms with van der Waals surface area (Å²) in [6.07, 6.45) is 14.0. The van der Waals surface area contributed by atoms with Gasteiger partial charge in [-0.3, -0.25) is 14.4 Å². The van der Waals surface area contributed by atoms with Crippen LogP contribution in [-0.4, -0.2) is 49.9 Å². The molecular formula is C21H30N6OS. The second-order valence-corrected chi connectivity index (χ2v) is 9.90. The monoisotopic (exact) mass is 414 g/mol. The molecule has 6 rings (SSSR count). The Morgan fingerprint density at radius 3 is 2.90 bits per heavy atom. The number of thiazole rings is 1. The minimum atomic E-state index is 0.0708. The van der Waals surface area contributed by atoms with E-state index in [0.717, 1.165) is 50.5 Å². The van der Waals surface area contributed by atoms with Crippen LogP contribution in [0.4, 0.5) is 5.13 Å². The summed E-state index contributed by atoms with van der Waals surface area (Å²) in [5, 5.41) is 14.5. The van der Waals surface area contributed by atoms with Crippen molar-refractivity contribution in [3.8, 4) is 0 Å². The molecule has 1 N–H and O–H groups in total. The number of nitrogens with one attached hydrogen (secondary N) is 1.